The van der Waals surface area contributed by atoms with E-state index in [1.165, 1.54) is 49.4 Å². The molecule has 0 aliphatic rings. The first kappa shape index (κ1) is 20.9. The fourth-order valence-electron chi connectivity index (χ4n) is 3.04. The number of aromatic nitrogens is 1. The lowest BCUT2D eigenvalue weighted by Gasteiger charge is -2.09. The van der Waals surface area contributed by atoms with Crippen molar-refractivity contribution in [1.29, 1.82) is 0 Å². The Labute approximate surface area is 170 Å². The lowest BCUT2D eigenvalue weighted by Crippen LogP contribution is -2.24. The summed E-state index contributed by atoms with van der Waals surface area (Å²) in [6.07, 6.45) is 0. The first-order valence-corrected chi connectivity index (χ1v) is 9.09. The molecule has 0 aliphatic heterocycles. The highest BCUT2D eigenvalue weighted by molar-refractivity contribution is 6.47. The first-order valence-electron chi connectivity index (χ1n) is 9.09. The van der Waals surface area contributed by atoms with Gasteiger partial charge in [0.25, 0.3) is 11.7 Å². The van der Waals surface area contributed by atoms with Gasteiger partial charge in [-0.1, -0.05) is 30.3 Å². The number of para-hydroxylation sites is 1. The maximum Gasteiger partial charge on any atom is 0.340 e. The molecule has 1 heterocycles. The number of carbonyl (C=O) groups excluding carboxylic acids is 3. The second-order valence-corrected chi connectivity index (χ2v) is 6.34. The molecule has 0 atom stereocenters. The number of benzene rings is 2. The van der Waals surface area contributed by atoms with Crippen LogP contribution in [0.4, 0.5) is 14.5 Å². The molecule has 0 saturated carbocycles. The lowest BCUT2D eigenvalue weighted by molar-refractivity contribution is -0.112. The number of aromatic amines is 1. The number of anilines is 1. The molecule has 6 nitrogen and oxygen atoms in total. The molecule has 0 radical (unpaired) electrons. The topological polar surface area (TPSA) is 88.3 Å². The van der Waals surface area contributed by atoms with Gasteiger partial charge in [0.15, 0.2) is 0 Å². The Balaban J connectivity index is 2.10. The van der Waals surface area contributed by atoms with Crippen LogP contribution in [0.2, 0.25) is 0 Å². The van der Waals surface area contributed by atoms with Crippen LogP contribution in [-0.4, -0.2) is 29.3 Å². The minimum Gasteiger partial charge on any atom is -0.462 e. The van der Waals surface area contributed by atoms with Gasteiger partial charge in [0.1, 0.15) is 17.3 Å². The van der Waals surface area contributed by atoms with Gasteiger partial charge in [-0.3, -0.25) is 9.59 Å². The van der Waals surface area contributed by atoms with Crippen LogP contribution in [0.3, 0.4) is 0 Å². The molecule has 0 unspecified atom stereocenters. The van der Waals surface area contributed by atoms with Gasteiger partial charge in [0, 0.05) is 16.8 Å². The van der Waals surface area contributed by atoms with E-state index in [-0.39, 0.29) is 40.4 Å². The van der Waals surface area contributed by atoms with Crippen LogP contribution < -0.4 is 5.32 Å². The number of halogens is 2. The van der Waals surface area contributed by atoms with Crippen molar-refractivity contribution < 1.29 is 27.9 Å². The maximum atomic E-state index is 14.5. The number of Topliss-reactive ketones (excluding diaryl/α,β-unsaturated/α-hetero) is 1. The van der Waals surface area contributed by atoms with Crippen LogP contribution in [0.15, 0.2) is 48.5 Å². The Morgan fingerprint density at radius 3 is 2.27 bits per heavy atom. The van der Waals surface area contributed by atoms with Crippen molar-refractivity contribution in [3.05, 3.63) is 77.1 Å². The summed E-state index contributed by atoms with van der Waals surface area (Å²) in [5.41, 5.74) is -0.436. The number of rotatable bonds is 6. The quantitative estimate of drug-likeness (QED) is 0.360. The zero-order valence-electron chi connectivity index (χ0n) is 16.2. The number of ketones is 1. The summed E-state index contributed by atoms with van der Waals surface area (Å²) in [6, 6.07) is 10.9. The number of carbonyl (C=O) groups is 3. The molecule has 0 bridgehead atoms. The largest absolute Gasteiger partial charge is 0.462 e. The normalized spacial score (nSPS) is 10.5. The van der Waals surface area contributed by atoms with Crippen molar-refractivity contribution in [2.75, 3.05) is 11.9 Å². The summed E-state index contributed by atoms with van der Waals surface area (Å²) < 4.78 is 33.4. The smallest absolute Gasteiger partial charge is 0.340 e. The standard InChI is InChI=1S/C22H18F2N2O4/c1-3-30-22(29)17-12(2)25-19(18(17)13-8-4-5-9-14(13)23)20(27)21(28)26-16-11-7-6-10-15(16)24/h4-11,25H,3H2,1-2H3,(H,26,28). The van der Waals surface area contributed by atoms with E-state index in [9.17, 15) is 23.2 Å². The fourth-order valence-corrected chi connectivity index (χ4v) is 3.04. The Hall–Kier alpha value is -3.81. The molecule has 1 amide bonds. The van der Waals surface area contributed by atoms with E-state index in [0.717, 1.165) is 6.07 Å². The lowest BCUT2D eigenvalue weighted by atomic mass is 9.97. The van der Waals surface area contributed by atoms with Crippen molar-refractivity contribution in [2.45, 2.75) is 13.8 Å². The summed E-state index contributed by atoms with van der Waals surface area (Å²) in [5.74, 6) is -4.41. The van der Waals surface area contributed by atoms with E-state index in [1.807, 2.05) is 0 Å². The molecule has 1 aromatic heterocycles. The van der Waals surface area contributed by atoms with E-state index >= 15 is 0 Å². The molecule has 8 heteroatoms. The number of H-pyrrole nitrogens is 1. The number of ether oxygens (including phenoxy) is 1. The third kappa shape index (κ3) is 3.98. The van der Waals surface area contributed by atoms with Crippen LogP contribution >= 0.6 is 0 Å². The van der Waals surface area contributed by atoms with E-state index in [1.54, 1.807) is 6.92 Å². The third-order valence-electron chi connectivity index (χ3n) is 4.37. The number of hydrogen-bond donors (Lipinski definition) is 2. The summed E-state index contributed by atoms with van der Waals surface area (Å²) in [4.78, 5) is 40.5. The molecule has 154 valence electrons. The number of aryl methyl sites for hydroxylation is 1. The average Bonchev–Trinajstić information content (AvgIpc) is 3.06. The second-order valence-electron chi connectivity index (χ2n) is 6.34. The number of hydrogen-bond acceptors (Lipinski definition) is 4. The highest BCUT2D eigenvalue weighted by Crippen LogP contribution is 2.33. The molecular weight excluding hydrogens is 394 g/mol. The molecule has 2 aromatic carbocycles. The van der Waals surface area contributed by atoms with Gasteiger partial charge in [0.05, 0.1) is 17.9 Å². The van der Waals surface area contributed by atoms with Crippen LogP contribution in [0.25, 0.3) is 11.1 Å². The predicted octanol–water partition coefficient (Wildman–Crippen LogP) is 4.27. The van der Waals surface area contributed by atoms with Gasteiger partial charge < -0.3 is 15.0 Å². The van der Waals surface area contributed by atoms with Crippen LogP contribution in [0.1, 0.15) is 33.5 Å². The fraction of sp³-hybridized carbons (Fsp3) is 0.136. The minimum absolute atomic E-state index is 0.0491. The predicted molar refractivity (Wildman–Crippen MR) is 106 cm³/mol. The first-order chi connectivity index (χ1) is 14.3. The van der Waals surface area contributed by atoms with E-state index < -0.39 is 29.3 Å². The third-order valence-corrected chi connectivity index (χ3v) is 4.37. The molecule has 0 saturated heterocycles. The van der Waals surface area contributed by atoms with Gasteiger partial charge in [0.2, 0.25) is 0 Å². The molecule has 0 spiro atoms. The van der Waals surface area contributed by atoms with E-state index in [4.69, 9.17) is 4.74 Å². The summed E-state index contributed by atoms with van der Waals surface area (Å²) in [7, 11) is 0. The zero-order chi connectivity index (χ0) is 21.8. The number of nitrogens with one attached hydrogen (secondary N) is 2. The van der Waals surface area contributed by atoms with Gasteiger partial charge in [-0.25, -0.2) is 13.6 Å². The highest BCUT2D eigenvalue weighted by atomic mass is 19.1. The summed E-state index contributed by atoms with van der Waals surface area (Å²) >= 11 is 0. The Bertz CT molecular complexity index is 1140. The maximum absolute atomic E-state index is 14.5. The summed E-state index contributed by atoms with van der Waals surface area (Å²) in [6.45, 7) is 3.18. The molecular formula is C22H18F2N2O4. The van der Waals surface area contributed by atoms with Gasteiger partial charge in [-0.05, 0) is 32.0 Å². The van der Waals surface area contributed by atoms with Crippen molar-refractivity contribution in [2.24, 2.45) is 0 Å². The van der Waals surface area contributed by atoms with Crippen molar-refractivity contribution in [3.63, 3.8) is 0 Å². The molecule has 2 N–H and O–H groups in total. The Morgan fingerprint density at radius 2 is 1.63 bits per heavy atom. The van der Waals surface area contributed by atoms with Crippen LogP contribution in [-0.2, 0) is 9.53 Å². The molecule has 30 heavy (non-hydrogen) atoms. The van der Waals surface area contributed by atoms with Crippen LogP contribution in [0.5, 0.6) is 0 Å². The highest BCUT2D eigenvalue weighted by Gasteiger charge is 2.31. The molecule has 3 rings (SSSR count). The minimum atomic E-state index is -1.14. The number of esters is 1. The average molecular weight is 412 g/mol. The van der Waals surface area contributed by atoms with Gasteiger partial charge in [-0.15, -0.1) is 0 Å². The van der Waals surface area contributed by atoms with Crippen molar-refractivity contribution >= 4 is 23.3 Å². The van der Waals surface area contributed by atoms with E-state index in [0.29, 0.717) is 0 Å². The van der Waals surface area contributed by atoms with Crippen molar-refractivity contribution in [1.82, 2.24) is 4.98 Å². The van der Waals surface area contributed by atoms with Gasteiger partial charge >= 0.3 is 5.97 Å². The van der Waals surface area contributed by atoms with Crippen molar-refractivity contribution in [3.8, 4) is 11.1 Å². The zero-order valence-corrected chi connectivity index (χ0v) is 16.2. The van der Waals surface area contributed by atoms with Crippen LogP contribution in [0, 0.1) is 18.6 Å². The van der Waals surface area contributed by atoms with E-state index in [2.05, 4.69) is 10.3 Å². The molecule has 0 fully saturated rings. The summed E-state index contributed by atoms with van der Waals surface area (Å²) in [5, 5.41) is 2.19. The number of amides is 1. The molecule has 3 aromatic rings. The Morgan fingerprint density at radius 1 is 1.00 bits per heavy atom. The second kappa shape index (κ2) is 8.69. The monoisotopic (exact) mass is 412 g/mol. The molecule has 0 aliphatic carbocycles. The Kier molecular flexibility index (Phi) is 6.06. The van der Waals surface area contributed by atoms with Gasteiger partial charge in [-0.2, -0.15) is 0 Å². The SMILES string of the molecule is CCOC(=O)c1c(C)[nH]c(C(=O)C(=O)Nc2ccccc2F)c1-c1ccccc1F.